The van der Waals surface area contributed by atoms with Gasteiger partial charge in [-0.1, -0.05) is 17.7 Å². The second kappa shape index (κ2) is 5.68. The highest BCUT2D eigenvalue weighted by atomic mass is 35.5. The summed E-state index contributed by atoms with van der Waals surface area (Å²) < 4.78 is 13.3. The highest BCUT2D eigenvalue weighted by Gasteiger charge is 2.11. The van der Waals surface area contributed by atoms with Crippen molar-refractivity contribution in [2.24, 2.45) is 0 Å². The molecule has 19 heavy (non-hydrogen) atoms. The van der Waals surface area contributed by atoms with Gasteiger partial charge in [0.05, 0.1) is 11.6 Å². The van der Waals surface area contributed by atoms with Crippen molar-refractivity contribution in [2.45, 2.75) is 6.92 Å². The fraction of sp³-hybridized carbons (Fsp3) is 0.143. The van der Waals surface area contributed by atoms with Crippen molar-refractivity contribution >= 4 is 23.1 Å². The first-order valence-electron chi connectivity index (χ1n) is 5.75. The normalized spacial score (nSPS) is 10.0. The molecule has 0 aliphatic rings. The maximum absolute atomic E-state index is 13.3. The van der Waals surface area contributed by atoms with Gasteiger partial charge in [-0.3, -0.25) is 0 Å². The maximum atomic E-state index is 13.3. The van der Waals surface area contributed by atoms with Crippen LogP contribution in [0, 0.1) is 17.1 Å². The van der Waals surface area contributed by atoms with Crippen molar-refractivity contribution in [3.8, 4) is 6.07 Å². The van der Waals surface area contributed by atoms with Crippen LogP contribution >= 0.6 is 11.6 Å². The van der Waals surface area contributed by atoms with Crippen LogP contribution in [0.4, 0.5) is 15.9 Å². The lowest BCUT2D eigenvalue weighted by molar-refractivity contribution is 0.627. The smallest absolute Gasteiger partial charge is 0.136 e. The summed E-state index contributed by atoms with van der Waals surface area (Å²) >= 11 is 5.89. The van der Waals surface area contributed by atoms with Crippen molar-refractivity contribution in [3.63, 3.8) is 0 Å². The minimum absolute atomic E-state index is 0.240. The Bertz CT molecular complexity index is 637. The van der Waals surface area contributed by atoms with Gasteiger partial charge in [0.25, 0.3) is 0 Å². The first-order valence-corrected chi connectivity index (χ1v) is 6.12. The van der Waals surface area contributed by atoms with E-state index in [0.29, 0.717) is 23.6 Å². The van der Waals surface area contributed by atoms with Gasteiger partial charge in [-0.2, -0.15) is 5.26 Å². The Morgan fingerprint density at radius 1 is 1.37 bits per heavy atom. The molecule has 1 heterocycles. The molecule has 0 N–H and O–H groups in total. The Morgan fingerprint density at radius 3 is 2.79 bits per heavy atom. The molecule has 0 amide bonds. The van der Waals surface area contributed by atoms with E-state index in [1.165, 1.54) is 18.2 Å². The Balaban J connectivity index is 2.48. The van der Waals surface area contributed by atoms with Crippen LogP contribution in [0.3, 0.4) is 0 Å². The number of hydrogen-bond acceptors (Lipinski definition) is 3. The largest absolute Gasteiger partial charge is 0.326 e. The summed E-state index contributed by atoms with van der Waals surface area (Å²) in [6.07, 6.45) is 0. The molecule has 96 valence electrons. The number of nitriles is 1. The van der Waals surface area contributed by atoms with E-state index < -0.39 is 0 Å². The van der Waals surface area contributed by atoms with Gasteiger partial charge >= 0.3 is 0 Å². The van der Waals surface area contributed by atoms with Crippen molar-refractivity contribution in [1.29, 1.82) is 5.26 Å². The topological polar surface area (TPSA) is 39.9 Å². The zero-order valence-corrected chi connectivity index (χ0v) is 11.0. The zero-order chi connectivity index (χ0) is 13.8. The van der Waals surface area contributed by atoms with Gasteiger partial charge < -0.3 is 4.90 Å². The van der Waals surface area contributed by atoms with Gasteiger partial charge in [0, 0.05) is 12.2 Å². The molecule has 0 aliphatic heterocycles. The van der Waals surface area contributed by atoms with Crippen molar-refractivity contribution in [1.82, 2.24) is 4.98 Å². The predicted molar refractivity (Wildman–Crippen MR) is 73.0 cm³/mol. The fourth-order valence-electron chi connectivity index (χ4n) is 1.81. The molecule has 0 fully saturated rings. The number of benzene rings is 1. The minimum atomic E-state index is -0.321. The molecule has 5 heteroatoms. The quantitative estimate of drug-likeness (QED) is 0.798. The third kappa shape index (κ3) is 3.01. The maximum Gasteiger partial charge on any atom is 0.136 e. The molecule has 2 rings (SSSR count). The summed E-state index contributed by atoms with van der Waals surface area (Å²) in [5.41, 5.74) is 1.09. The molecule has 1 aromatic heterocycles. The number of halogens is 2. The SMILES string of the molecule is CCN(c1cccc(F)c1)c1cc(C#N)cc(Cl)n1. The Kier molecular flexibility index (Phi) is 3.98. The van der Waals surface area contributed by atoms with E-state index >= 15 is 0 Å². The average Bonchev–Trinajstić information content (AvgIpc) is 2.39. The zero-order valence-electron chi connectivity index (χ0n) is 10.3. The molecule has 0 saturated heterocycles. The van der Waals surface area contributed by atoms with E-state index in [1.807, 2.05) is 13.0 Å². The number of hydrogen-bond donors (Lipinski definition) is 0. The summed E-state index contributed by atoms with van der Waals surface area (Å²) in [5, 5.41) is 9.18. The predicted octanol–water partition coefficient (Wildman–Crippen LogP) is 3.90. The Morgan fingerprint density at radius 2 is 2.16 bits per heavy atom. The number of anilines is 2. The third-order valence-electron chi connectivity index (χ3n) is 2.62. The van der Waals surface area contributed by atoms with Gasteiger partial charge in [-0.15, -0.1) is 0 Å². The lowest BCUT2D eigenvalue weighted by atomic mass is 10.2. The molecule has 0 bridgehead atoms. The molecule has 0 aliphatic carbocycles. The number of rotatable bonds is 3. The van der Waals surface area contributed by atoms with E-state index in [0.717, 1.165) is 0 Å². The lowest BCUT2D eigenvalue weighted by Gasteiger charge is -2.22. The van der Waals surface area contributed by atoms with E-state index in [9.17, 15) is 4.39 Å². The highest BCUT2D eigenvalue weighted by molar-refractivity contribution is 6.29. The molecule has 0 atom stereocenters. The van der Waals surface area contributed by atoms with E-state index in [2.05, 4.69) is 4.98 Å². The van der Waals surface area contributed by atoms with Gasteiger partial charge in [0.1, 0.15) is 16.8 Å². The summed E-state index contributed by atoms with van der Waals surface area (Å²) in [4.78, 5) is 5.96. The van der Waals surface area contributed by atoms with Crippen LogP contribution in [-0.2, 0) is 0 Å². The van der Waals surface area contributed by atoms with Crippen molar-refractivity contribution in [2.75, 3.05) is 11.4 Å². The van der Waals surface area contributed by atoms with Crippen LogP contribution < -0.4 is 4.90 Å². The molecule has 0 radical (unpaired) electrons. The van der Waals surface area contributed by atoms with E-state index in [1.54, 1.807) is 23.1 Å². The third-order valence-corrected chi connectivity index (χ3v) is 2.82. The van der Waals surface area contributed by atoms with Crippen molar-refractivity contribution in [3.05, 3.63) is 52.9 Å². The summed E-state index contributed by atoms with van der Waals surface area (Å²) in [6, 6.07) is 11.3. The fourth-order valence-corrected chi connectivity index (χ4v) is 2.01. The summed E-state index contributed by atoms with van der Waals surface area (Å²) in [7, 11) is 0. The van der Waals surface area contributed by atoms with Crippen molar-refractivity contribution < 1.29 is 4.39 Å². The molecule has 2 aromatic rings. The first kappa shape index (κ1) is 13.3. The van der Waals surface area contributed by atoms with Crippen LogP contribution in [0.5, 0.6) is 0 Å². The lowest BCUT2D eigenvalue weighted by Crippen LogP contribution is -2.17. The van der Waals surface area contributed by atoms with Crippen LogP contribution in [0.1, 0.15) is 12.5 Å². The summed E-state index contributed by atoms with van der Waals surface area (Å²) in [6.45, 7) is 2.50. The van der Waals surface area contributed by atoms with Gasteiger partial charge in [-0.05, 0) is 37.3 Å². The van der Waals surface area contributed by atoms with Crippen LogP contribution in [-0.4, -0.2) is 11.5 Å². The standard InChI is InChI=1S/C14H11ClFN3/c1-2-19(12-5-3-4-11(16)8-12)14-7-10(9-17)6-13(15)18-14/h3-8H,2H2,1H3. The molecule has 3 nitrogen and oxygen atoms in total. The molecular formula is C14H11ClFN3. The number of aromatic nitrogens is 1. The Labute approximate surface area is 115 Å². The molecule has 0 spiro atoms. The number of nitrogens with zero attached hydrogens (tertiary/aromatic N) is 3. The Hall–Kier alpha value is -2.12. The molecular weight excluding hydrogens is 265 g/mol. The number of pyridine rings is 1. The van der Waals surface area contributed by atoms with Crippen LogP contribution in [0.15, 0.2) is 36.4 Å². The molecule has 0 unspecified atom stereocenters. The van der Waals surface area contributed by atoms with Gasteiger partial charge in [0.15, 0.2) is 0 Å². The van der Waals surface area contributed by atoms with Gasteiger partial charge in [0.2, 0.25) is 0 Å². The highest BCUT2D eigenvalue weighted by Crippen LogP contribution is 2.26. The molecule has 1 aromatic carbocycles. The molecule has 0 saturated carbocycles. The first-order chi connectivity index (χ1) is 9.13. The second-order valence-corrected chi connectivity index (χ2v) is 4.26. The monoisotopic (exact) mass is 275 g/mol. The average molecular weight is 276 g/mol. The minimum Gasteiger partial charge on any atom is -0.326 e. The van der Waals surface area contributed by atoms with Gasteiger partial charge in [-0.25, -0.2) is 9.37 Å². The second-order valence-electron chi connectivity index (χ2n) is 3.87. The van der Waals surface area contributed by atoms with Crippen LogP contribution in [0.25, 0.3) is 0 Å². The van der Waals surface area contributed by atoms with Crippen LogP contribution in [0.2, 0.25) is 5.15 Å². The summed E-state index contributed by atoms with van der Waals surface area (Å²) in [5.74, 6) is 0.204. The van der Waals surface area contributed by atoms with E-state index in [-0.39, 0.29) is 11.0 Å². The van der Waals surface area contributed by atoms with E-state index in [4.69, 9.17) is 16.9 Å².